The van der Waals surface area contributed by atoms with Gasteiger partial charge in [-0.05, 0) is 128 Å². The molecule has 0 aliphatic rings. The van der Waals surface area contributed by atoms with Crippen molar-refractivity contribution in [2.24, 2.45) is 0 Å². The molecule has 0 N–H and O–H groups in total. The highest BCUT2D eigenvalue weighted by molar-refractivity contribution is 5.71. The van der Waals surface area contributed by atoms with Gasteiger partial charge in [0, 0.05) is 19.3 Å². The molecule has 6 heteroatoms. The van der Waals surface area contributed by atoms with E-state index in [-0.39, 0.29) is 31.1 Å². The second-order valence-corrected chi connectivity index (χ2v) is 20.2. The number of hydrogen-bond acceptors (Lipinski definition) is 6. The Hall–Kier alpha value is -4.71. The van der Waals surface area contributed by atoms with Gasteiger partial charge >= 0.3 is 17.9 Å². The first-order chi connectivity index (χ1) is 38.0. The lowest BCUT2D eigenvalue weighted by atomic mass is 10.1. The van der Waals surface area contributed by atoms with Crippen LogP contribution in [0.2, 0.25) is 0 Å². The van der Waals surface area contributed by atoms with E-state index in [4.69, 9.17) is 14.2 Å². The standard InChI is InChI=1S/C71H114O6/c1-4-7-10-13-16-19-22-24-26-28-29-30-31-32-33-34-35-36-37-38-39-40-41-42-43-44-46-47-49-52-55-58-61-64-70(73)76-67-68(66-75-69(72)63-60-57-54-51-21-18-15-12-9-6-3)77-71(74)65-62-59-56-53-50-48-45-27-25-23-20-17-14-11-8-5-2/h7,10,16,19-20,23-24,26-27,29-30,32-33,35-36,38-39,41-42,44-46,49,52,68H,4-6,8-9,11-15,17-18,21-22,25,28,31,34,37,40,43,47-48,50-51,53-67H2,1-3H3/b10-7-,19-16-,23-20-,26-24-,30-29-,33-32-,36-35-,39-38-,42-41-,45-27-,46-44-,52-49-. The fourth-order valence-corrected chi connectivity index (χ4v) is 8.15. The molecule has 0 bridgehead atoms. The monoisotopic (exact) mass is 1060 g/mol. The Bertz CT molecular complexity index is 1700. The zero-order valence-electron chi connectivity index (χ0n) is 49.7. The molecule has 0 fully saturated rings. The molecule has 0 aromatic rings. The largest absolute Gasteiger partial charge is 0.462 e. The van der Waals surface area contributed by atoms with Gasteiger partial charge < -0.3 is 14.2 Å². The summed E-state index contributed by atoms with van der Waals surface area (Å²) in [5.41, 5.74) is 0. The van der Waals surface area contributed by atoms with Crippen molar-refractivity contribution in [2.45, 2.75) is 271 Å². The van der Waals surface area contributed by atoms with Crippen molar-refractivity contribution in [2.75, 3.05) is 13.2 Å². The van der Waals surface area contributed by atoms with E-state index in [2.05, 4.69) is 167 Å². The van der Waals surface area contributed by atoms with E-state index >= 15 is 0 Å². The van der Waals surface area contributed by atoms with Gasteiger partial charge in [-0.2, -0.15) is 0 Å². The van der Waals surface area contributed by atoms with Gasteiger partial charge in [0.2, 0.25) is 0 Å². The van der Waals surface area contributed by atoms with E-state index in [0.29, 0.717) is 25.7 Å². The van der Waals surface area contributed by atoms with Crippen LogP contribution in [0.1, 0.15) is 265 Å². The van der Waals surface area contributed by atoms with Crippen molar-refractivity contribution >= 4 is 17.9 Å². The first-order valence-electron chi connectivity index (χ1n) is 31.3. The van der Waals surface area contributed by atoms with Gasteiger partial charge in [0.25, 0.3) is 0 Å². The predicted molar refractivity (Wildman–Crippen MR) is 334 cm³/mol. The minimum absolute atomic E-state index is 0.100. The molecular formula is C71H114O6. The van der Waals surface area contributed by atoms with Gasteiger partial charge in [0.15, 0.2) is 6.10 Å². The van der Waals surface area contributed by atoms with E-state index < -0.39 is 6.10 Å². The average Bonchev–Trinajstić information content (AvgIpc) is 3.43. The number of esters is 3. The Morgan fingerprint density at radius 3 is 0.831 bits per heavy atom. The molecule has 0 amide bonds. The summed E-state index contributed by atoms with van der Waals surface area (Å²) in [6, 6.07) is 0. The third-order valence-electron chi connectivity index (χ3n) is 12.8. The smallest absolute Gasteiger partial charge is 0.306 e. The molecule has 0 aromatic heterocycles. The number of hydrogen-bond donors (Lipinski definition) is 0. The second kappa shape index (κ2) is 63.8. The molecule has 434 valence electrons. The molecule has 6 nitrogen and oxygen atoms in total. The van der Waals surface area contributed by atoms with Gasteiger partial charge in [-0.1, -0.05) is 263 Å². The summed E-state index contributed by atoms with van der Waals surface area (Å²) in [7, 11) is 0. The van der Waals surface area contributed by atoms with Crippen molar-refractivity contribution in [3.63, 3.8) is 0 Å². The van der Waals surface area contributed by atoms with E-state index in [9.17, 15) is 14.4 Å². The van der Waals surface area contributed by atoms with Crippen LogP contribution in [0.25, 0.3) is 0 Å². The predicted octanol–water partition coefficient (Wildman–Crippen LogP) is 21.5. The highest BCUT2D eigenvalue weighted by atomic mass is 16.6. The summed E-state index contributed by atoms with van der Waals surface area (Å²) in [4.78, 5) is 38.1. The van der Waals surface area contributed by atoms with E-state index in [1.54, 1.807) is 0 Å². The molecule has 77 heavy (non-hydrogen) atoms. The molecule has 0 saturated carbocycles. The maximum absolute atomic E-state index is 12.8. The van der Waals surface area contributed by atoms with Crippen molar-refractivity contribution in [1.82, 2.24) is 0 Å². The molecule has 0 spiro atoms. The fourth-order valence-electron chi connectivity index (χ4n) is 8.15. The lowest BCUT2D eigenvalue weighted by molar-refractivity contribution is -0.167. The van der Waals surface area contributed by atoms with Crippen LogP contribution < -0.4 is 0 Å². The minimum atomic E-state index is -0.807. The van der Waals surface area contributed by atoms with Crippen LogP contribution in [-0.4, -0.2) is 37.2 Å². The van der Waals surface area contributed by atoms with Gasteiger partial charge in [-0.3, -0.25) is 14.4 Å². The van der Waals surface area contributed by atoms with Crippen LogP contribution in [0, 0.1) is 0 Å². The van der Waals surface area contributed by atoms with Crippen LogP contribution in [0.3, 0.4) is 0 Å². The van der Waals surface area contributed by atoms with Crippen molar-refractivity contribution in [3.8, 4) is 0 Å². The second-order valence-electron chi connectivity index (χ2n) is 20.2. The van der Waals surface area contributed by atoms with Gasteiger partial charge in [-0.25, -0.2) is 0 Å². The first kappa shape index (κ1) is 72.3. The molecule has 0 aliphatic carbocycles. The lowest BCUT2D eigenvalue weighted by Gasteiger charge is -2.18. The Labute approximate surface area is 474 Å². The summed E-state index contributed by atoms with van der Waals surface area (Å²) in [6.45, 7) is 6.44. The summed E-state index contributed by atoms with van der Waals surface area (Å²) >= 11 is 0. The van der Waals surface area contributed by atoms with E-state index in [1.165, 1.54) is 77.0 Å². The molecule has 1 unspecified atom stereocenters. The summed E-state index contributed by atoms with van der Waals surface area (Å²) < 4.78 is 16.8. The van der Waals surface area contributed by atoms with Crippen molar-refractivity contribution in [3.05, 3.63) is 146 Å². The van der Waals surface area contributed by atoms with Crippen LogP contribution in [0.4, 0.5) is 0 Å². The number of rotatable bonds is 55. The molecule has 0 saturated heterocycles. The summed E-state index contributed by atoms with van der Waals surface area (Å²) in [6.07, 6.45) is 91.4. The minimum Gasteiger partial charge on any atom is -0.462 e. The third kappa shape index (κ3) is 62.0. The summed E-state index contributed by atoms with van der Waals surface area (Å²) in [5, 5.41) is 0. The van der Waals surface area contributed by atoms with E-state index in [0.717, 1.165) is 141 Å². The average molecular weight is 1060 g/mol. The fraction of sp³-hybridized carbons (Fsp3) is 0.620. The number of carbonyl (C=O) groups is 3. The Balaban J connectivity index is 4.35. The van der Waals surface area contributed by atoms with Crippen LogP contribution in [0.5, 0.6) is 0 Å². The number of allylic oxidation sites excluding steroid dienone is 24. The van der Waals surface area contributed by atoms with Gasteiger partial charge in [0.1, 0.15) is 13.2 Å². The van der Waals surface area contributed by atoms with Crippen LogP contribution in [0.15, 0.2) is 146 Å². The Kier molecular flexibility index (Phi) is 59.9. The highest BCUT2D eigenvalue weighted by Gasteiger charge is 2.19. The van der Waals surface area contributed by atoms with Gasteiger partial charge in [-0.15, -0.1) is 0 Å². The van der Waals surface area contributed by atoms with Crippen LogP contribution >= 0.6 is 0 Å². The molecule has 0 radical (unpaired) electrons. The molecule has 0 heterocycles. The van der Waals surface area contributed by atoms with Crippen LogP contribution in [-0.2, 0) is 28.6 Å². The Morgan fingerprint density at radius 1 is 0.273 bits per heavy atom. The maximum Gasteiger partial charge on any atom is 0.306 e. The lowest BCUT2D eigenvalue weighted by Crippen LogP contribution is -2.30. The highest BCUT2D eigenvalue weighted by Crippen LogP contribution is 2.14. The van der Waals surface area contributed by atoms with Crippen molar-refractivity contribution < 1.29 is 28.6 Å². The maximum atomic E-state index is 12.8. The third-order valence-corrected chi connectivity index (χ3v) is 12.8. The number of carbonyl (C=O) groups excluding carboxylic acids is 3. The molecule has 0 aliphatic heterocycles. The molecular weight excluding hydrogens is 949 g/mol. The topological polar surface area (TPSA) is 78.9 Å². The van der Waals surface area contributed by atoms with Crippen molar-refractivity contribution in [1.29, 1.82) is 0 Å². The summed E-state index contributed by atoms with van der Waals surface area (Å²) in [5.74, 6) is -0.964. The SMILES string of the molecule is CC/C=C\C/C=C\C/C=C\C/C=C\C/C=C\C/C=C\C/C=C\C/C=C\C/C=C\C/C=C\CCCCC(=O)OCC(COC(=O)CCCCCCCCCCCC)OC(=O)CCCCCCC/C=C\C/C=C\CCCCCC. The molecule has 1 atom stereocenters. The number of unbranched alkanes of at least 4 members (excludes halogenated alkanes) is 20. The normalized spacial score (nSPS) is 13.1. The molecule has 0 rings (SSSR count). The first-order valence-corrected chi connectivity index (χ1v) is 31.3. The van der Waals surface area contributed by atoms with Gasteiger partial charge in [0.05, 0.1) is 0 Å². The molecule has 0 aromatic carbocycles. The quantitative estimate of drug-likeness (QED) is 0.0261. The van der Waals surface area contributed by atoms with E-state index in [1.807, 2.05) is 0 Å². The zero-order valence-corrected chi connectivity index (χ0v) is 49.7. The number of ether oxygens (including phenoxy) is 3. The zero-order chi connectivity index (χ0) is 55.7. The Morgan fingerprint density at radius 2 is 0.506 bits per heavy atom.